The Bertz CT molecular complexity index is 1140. The summed E-state index contributed by atoms with van der Waals surface area (Å²) in [5.74, 6) is 0.124. The van der Waals surface area contributed by atoms with Crippen molar-refractivity contribution in [3.63, 3.8) is 0 Å². The van der Waals surface area contributed by atoms with Crippen molar-refractivity contribution in [2.24, 2.45) is 0 Å². The number of carbonyl (C=O) groups excluding carboxylic acids is 1. The average molecular weight is 490 g/mol. The van der Waals surface area contributed by atoms with Crippen LogP contribution in [0.1, 0.15) is 33.1 Å². The number of halogens is 3. The summed E-state index contributed by atoms with van der Waals surface area (Å²) in [5, 5.41) is 11.7. The molecule has 4 nitrogen and oxygen atoms in total. The molecule has 3 aromatic carbocycles. The van der Waals surface area contributed by atoms with Crippen molar-refractivity contribution in [2.45, 2.75) is 19.9 Å². The number of hydrogen-bond acceptors (Lipinski definition) is 3. The molecule has 1 aliphatic rings. The van der Waals surface area contributed by atoms with Crippen LogP contribution >= 0.6 is 34.8 Å². The number of anilines is 1. The zero-order valence-corrected chi connectivity index (χ0v) is 20.0. The SMILES string of the molecule is Cc1cc(O)cc(C)c1C(=O)N1CCN(c2ccc(Cl)cc2Cl)[C@H](c2ccc(Cl)cc2)C1. The number of nitrogens with zero attached hydrogens (tertiary/aromatic N) is 2. The van der Waals surface area contributed by atoms with E-state index in [2.05, 4.69) is 4.90 Å². The van der Waals surface area contributed by atoms with Crippen LogP contribution in [-0.2, 0) is 0 Å². The summed E-state index contributed by atoms with van der Waals surface area (Å²) in [5.41, 5.74) is 4.07. The first-order chi connectivity index (χ1) is 15.2. The Hall–Kier alpha value is -2.40. The van der Waals surface area contributed by atoms with Gasteiger partial charge in [0.15, 0.2) is 0 Å². The summed E-state index contributed by atoms with van der Waals surface area (Å²) in [6.07, 6.45) is 0. The van der Waals surface area contributed by atoms with E-state index in [0.29, 0.717) is 40.3 Å². The molecule has 1 atom stereocenters. The fourth-order valence-corrected chi connectivity index (χ4v) is 5.02. The summed E-state index contributed by atoms with van der Waals surface area (Å²) < 4.78 is 0. The van der Waals surface area contributed by atoms with Crippen LogP contribution in [0.15, 0.2) is 54.6 Å². The molecule has 0 aliphatic carbocycles. The summed E-state index contributed by atoms with van der Waals surface area (Å²) in [6, 6.07) is 16.3. The standard InChI is InChI=1S/C25H23Cl3N2O2/c1-15-11-20(31)12-16(2)24(15)25(32)29-9-10-30(22-8-7-19(27)13-21(22)28)23(14-29)17-3-5-18(26)6-4-17/h3-8,11-13,23,31H,9-10,14H2,1-2H3/t23-/m0/s1. The largest absolute Gasteiger partial charge is 0.508 e. The van der Waals surface area contributed by atoms with Crippen LogP contribution in [0.25, 0.3) is 0 Å². The minimum absolute atomic E-state index is 0.0409. The molecule has 0 spiro atoms. The maximum Gasteiger partial charge on any atom is 0.254 e. The van der Waals surface area contributed by atoms with Gasteiger partial charge in [-0.1, -0.05) is 46.9 Å². The van der Waals surface area contributed by atoms with E-state index in [0.717, 1.165) is 22.4 Å². The number of carbonyl (C=O) groups is 1. The Balaban J connectivity index is 1.70. The highest BCUT2D eigenvalue weighted by Crippen LogP contribution is 2.37. The summed E-state index contributed by atoms with van der Waals surface area (Å²) in [7, 11) is 0. The van der Waals surface area contributed by atoms with Crippen molar-refractivity contribution in [1.29, 1.82) is 0 Å². The summed E-state index contributed by atoms with van der Waals surface area (Å²) >= 11 is 18.8. The predicted molar refractivity (Wildman–Crippen MR) is 131 cm³/mol. The van der Waals surface area contributed by atoms with Crippen LogP contribution in [0.4, 0.5) is 5.69 Å². The van der Waals surface area contributed by atoms with Gasteiger partial charge in [-0.25, -0.2) is 0 Å². The van der Waals surface area contributed by atoms with E-state index in [1.165, 1.54) is 0 Å². The second-order valence-corrected chi connectivity index (χ2v) is 9.34. The van der Waals surface area contributed by atoms with Gasteiger partial charge in [-0.2, -0.15) is 0 Å². The molecule has 0 bridgehead atoms. The third-order valence-corrected chi connectivity index (χ3v) is 6.66. The summed E-state index contributed by atoms with van der Waals surface area (Å²) in [6.45, 7) is 5.33. The summed E-state index contributed by atoms with van der Waals surface area (Å²) in [4.78, 5) is 17.6. The van der Waals surface area contributed by atoms with E-state index >= 15 is 0 Å². The van der Waals surface area contributed by atoms with Gasteiger partial charge in [0.2, 0.25) is 0 Å². The molecule has 1 heterocycles. The first-order valence-corrected chi connectivity index (χ1v) is 11.4. The van der Waals surface area contributed by atoms with Crippen LogP contribution < -0.4 is 4.90 Å². The van der Waals surface area contributed by atoms with Crippen molar-refractivity contribution in [1.82, 2.24) is 4.90 Å². The minimum Gasteiger partial charge on any atom is -0.508 e. The van der Waals surface area contributed by atoms with Gasteiger partial charge >= 0.3 is 0 Å². The molecule has 0 saturated carbocycles. The predicted octanol–water partition coefficient (Wildman–Crippen LogP) is 6.67. The highest BCUT2D eigenvalue weighted by atomic mass is 35.5. The van der Waals surface area contributed by atoms with E-state index in [1.54, 1.807) is 18.2 Å². The van der Waals surface area contributed by atoms with Gasteiger partial charge in [0.1, 0.15) is 5.75 Å². The van der Waals surface area contributed by atoms with Gasteiger partial charge in [-0.15, -0.1) is 0 Å². The number of aromatic hydroxyl groups is 1. The quantitative estimate of drug-likeness (QED) is 0.447. The van der Waals surface area contributed by atoms with E-state index in [4.69, 9.17) is 34.8 Å². The number of amides is 1. The smallest absolute Gasteiger partial charge is 0.254 e. The first-order valence-electron chi connectivity index (χ1n) is 10.3. The molecular formula is C25H23Cl3N2O2. The molecule has 1 amide bonds. The fraction of sp³-hybridized carbons (Fsp3) is 0.240. The molecular weight excluding hydrogens is 467 g/mol. The zero-order chi connectivity index (χ0) is 23.0. The second kappa shape index (κ2) is 9.22. The Morgan fingerprint density at radius 3 is 2.16 bits per heavy atom. The van der Waals surface area contributed by atoms with Crippen LogP contribution in [0, 0.1) is 13.8 Å². The Morgan fingerprint density at radius 2 is 1.53 bits per heavy atom. The Kier molecular flexibility index (Phi) is 6.57. The number of aryl methyl sites for hydroxylation is 2. The lowest BCUT2D eigenvalue weighted by molar-refractivity contribution is 0.0720. The van der Waals surface area contributed by atoms with Gasteiger partial charge in [-0.3, -0.25) is 4.79 Å². The molecule has 1 saturated heterocycles. The molecule has 32 heavy (non-hydrogen) atoms. The van der Waals surface area contributed by atoms with Gasteiger partial charge in [0.25, 0.3) is 5.91 Å². The molecule has 1 N–H and O–H groups in total. The number of rotatable bonds is 3. The molecule has 7 heteroatoms. The first kappa shape index (κ1) is 22.8. The lowest BCUT2D eigenvalue weighted by Crippen LogP contribution is -2.51. The third-order valence-electron chi connectivity index (χ3n) is 5.87. The van der Waals surface area contributed by atoms with Crippen LogP contribution in [0.5, 0.6) is 5.75 Å². The Labute approximate surface area is 202 Å². The monoisotopic (exact) mass is 488 g/mol. The van der Waals surface area contributed by atoms with Crippen LogP contribution in [-0.4, -0.2) is 35.5 Å². The zero-order valence-electron chi connectivity index (χ0n) is 17.8. The maximum atomic E-state index is 13.5. The molecule has 4 rings (SSSR count). The van der Waals surface area contributed by atoms with Crippen molar-refractivity contribution in [3.05, 3.63) is 91.9 Å². The second-order valence-electron chi connectivity index (χ2n) is 8.06. The number of phenols is 1. The van der Waals surface area contributed by atoms with Crippen LogP contribution in [0.3, 0.4) is 0 Å². The normalized spacial score (nSPS) is 16.3. The van der Waals surface area contributed by atoms with Gasteiger partial charge in [0.05, 0.1) is 16.8 Å². The number of piperazine rings is 1. The Morgan fingerprint density at radius 1 is 0.906 bits per heavy atom. The van der Waals surface area contributed by atoms with Crippen molar-refractivity contribution >= 4 is 46.4 Å². The molecule has 0 unspecified atom stereocenters. The van der Waals surface area contributed by atoms with Gasteiger partial charge in [0, 0.05) is 35.2 Å². The lowest BCUT2D eigenvalue weighted by Gasteiger charge is -2.43. The molecule has 3 aromatic rings. The molecule has 1 aliphatic heterocycles. The van der Waals surface area contributed by atoms with Crippen molar-refractivity contribution in [3.8, 4) is 5.75 Å². The third kappa shape index (κ3) is 4.54. The molecule has 0 radical (unpaired) electrons. The average Bonchev–Trinajstić information content (AvgIpc) is 2.73. The van der Waals surface area contributed by atoms with Crippen LogP contribution in [0.2, 0.25) is 15.1 Å². The highest BCUT2D eigenvalue weighted by molar-refractivity contribution is 6.36. The maximum absolute atomic E-state index is 13.5. The van der Waals surface area contributed by atoms with E-state index in [9.17, 15) is 9.90 Å². The molecule has 166 valence electrons. The van der Waals surface area contributed by atoms with Gasteiger partial charge < -0.3 is 14.9 Å². The topological polar surface area (TPSA) is 43.8 Å². The number of benzene rings is 3. The number of phenolic OH excluding ortho intramolecular Hbond substituents is 1. The highest BCUT2D eigenvalue weighted by Gasteiger charge is 2.33. The van der Waals surface area contributed by atoms with E-state index < -0.39 is 0 Å². The molecule has 1 fully saturated rings. The number of hydrogen-bond donors (Lipinski definition) is 1. The van der Waals surface area contributed by atoms with Gasteiger partial charge in [-0.05, 0) is 73.0 Å². The molecule has 0 aromatic heterocycles. The fourth-order valence-electron chi connectivity index (χ4n) is 4.38. The lowest BCUT2D eigenvalue weighted by atomic mass is 9.98. The van der Waals surface area contributed by atoms with Crippen molar-refractivity contribution < 1.29 is 9.90 Å². The minimum atomic E-state index is -0.110. The van der Waals surface area contributed by atoms with E-state index in [1.807, 2.05) is 55.1 Å². The van der Waals surface area contributed by atoms with E-state index in [-0.39, 0.29) is 17.7 Å². The van der Waals surface area contributed by atoms with Crippen molar-refractivity contribution in [2.75, 3.05) is 24.5 Å².